The van der Waals surface area contributed by atoms with Crippen LogP contribution in [0.4, 0.5) is 22.0 Å². The fourth-order valence-electron chi connectivity index (χ4n) is 2.35. The topological polar surface area (TPSA) is 75.6 Å². The Bertz CT molecular complexity index is 932. The van der Waals surface area contributed by atoms with Crippen molar-refractivity contribution in [1.82, 2.24) is 4.72 Å². The molecule has 0 fully saturated rings. The van der Waals surface area contributed by atoms with Gasteiger partial charge in [-0.25, -0.2) is 21.9 Å². The summed E-state index contributed by atoms with van der Waals surface area (Å²) in [5, 5.41) is 8.69. The number of aliphatic hydroxyl groups excluding tert-OH is 1. The summed E-state index contributed by atoms with van der Waals surface area (Å²) in [6, 6.07) is 5.11. The Morgan fingerprint density at radius 1 is 1.04 bits per heavy atom. The van der Waals surface area contributed by atoms with E-state index in [9.17, 15) is 30.4 Å². The first-order chi connectivity index (χ1) is 13.0. The van der Waals surface area contributed by atoms with Gasteiger partial charge in [0.15, 0.2) is 0 Å². The van der Waals surface area contributed by atoms with Gasteiger partial charge in [0, 0.05) is 24.8 Å². The van der Waals surface area contributed by atoms with E-state index in [1.165, 1.54) is 0 Å². The molecule has 0 saturated carbocycles. The maximum absolute atomic E-state index is 13.9. The van der Waals surface area contributed by atoms with Crippen molar-refractivity contribution in [3.63, 3.8) is 0 Å². The highest BCUT2D eigenvalue weighted by Gasteiger charge is 2.34. The minimum atomic E-state index is -5.19. The molecule has 11 heteroatoms. The normalized spacial score (nSPS) is 12.2. The molecule has 0 aliphatic heterocycles. The van der Waals surface area contributed by atoms with Crippen molar-refractivity contribution in [2.75, 3.05) is 13.2 Å². The molecule has 0 atom stereocenters. The van der Waals surface area contributed by atoms with Crippen LogP contribution in [-0.2, 0) is 10.0 Å². The summed E-state index contributed by atoms with van der Waals surface area (Å²) in [6.45, 7) is -0.273. The number of sulfonamides is 1. The van der Waals surface area contributed by atoms with Crippen molar-refractivity contribution < 1.29 is 40.2 Å². The van der Waals surface area contributed by atoms with Gasteiger partial charge in [0.2, 0.25) is 10.0 Å². The van der Waals surface area contributed by atoms with Crippen molar-refractivity contribution in [2.24, 2.45) is 0 Å². The van der Waals surface area contributed by atoms with Crippen LogP contribution in [0.5, 0.6) is 5.75 Å². The molecule has 0 amide bonds. The van der Waals surface area contributed by atoms with Gasteiger partial charge in [0.25, 0.3) is 0 Å². The molecule has 0 aromatic heterocycles. The number of halogens is 5. The fraction of sp³-hybridized carbons (Fsp3) is 0.294. The van der Waals surface area contributed by atoms with Crippen molar-refractivity contribution in [1.29, 1.82) is 0 Å². The number of nitrogens with one attached hydrogen (secondary N) is 1. The van der Waals surface area contributed by atoms with Crippen LogP contribution in [0.2, 0.25) is 0 Å². The highest BCUT2D eigenvalue weighted by Crippen LogP contribution is 2.34. The first-order valence-corrected chi connectivity index (χ1v) is 9.47. The van der Waals surface area contributed by atoms with Gasteiger partial charge in [-0.3, -0.25) is 0 Å². The van der Waals surface area contributed by atoms with Crippen LogP contribution in [0.15, 0.2) is 41.3 Å². The minimum Gasteiger partial charge on any atom is -0.404 e. The number of benzene rings is 2. The molecule has 5 nitrogen and oxygen atoms in total. The number of aliphatic hydroxyl groups is 1. The monoisotopic (exact) mass is 425 g/mol. The first-order valence-electron chi connectivity index (χ1n) is 7.99. The Morgan fingerprint density at radius 2 is 1.75 bits per heavy atom. The maximum Gasteiger partial charge on any atom is 0.573 e. The Hall–Kier alpha value is -2.24. The third-order valence-corrected chi connectivity index (χ3v) is 5.08. The molecule has 154 valence electrons. The zero-order valence-electron chi connectivity index (χ0n) is 14.3. The van der Waals surface area contributed by atoms with E-state index >= 15 is 0 Å². The van der Waals surface area contributed by atoms with Gasteiger partial charge in [0.1, 0.15) is 22.3 Å². The summed E-state index contributed by atoms with van der Waals surface area (Å²) >= 11 is 0. The lowest BCUT2D eigenvalue weighted by Crippen LogP contribution is -2.27. The lowest BCUT2D eigenvalue weighted by molar-refractivity contribution is -0.275. The van der Waals surface area contributed by atoms with Crippen LogP contribution >= 0.6 is 0 Å². The number of ether oxygens (including phenoxy) is 1. The van der Waals surface area contributed by atoms with Crippen molar-refractivity contribution in [3.05, 3.63) is 48.0 Å². The van der Waals surface area contributed by atoms with Crippen LogP contribution in [0.3, 0.4) is 0 Å². The largest absolute Gasteiger partial charge is 0.573 e. The van der Waals surface area contributed by atoms with E-state index in [1.54, 1.807) is 0 Å². The number of hydrogen-bond donors (Lipinski definition) is 2. The molecule has 2 rings (SSSR count). The number of hydrogen-bond acceptors (Lipinski definition) is 4. The number of unbranched alkanes of at least 4 members (excludes halogenated alkanes) is 1. The number of alkyl halides is 3. The molecule has 2 aromatic carbocycles. The van der Waals surface area contributed by atoms with E-state index in [-0.39, 0.29) is 30.7 Å². The third-order valence-electron chi connectivity index (χ3n) is 3.58. The molecule has 0 saturated heterocycles. The van der Waals surface area contributed by atoms with Gasteiger partial charge in [-0.15, -0.1) is 13.2 Å². The lowest BCUT2D eigenvalue weighted by atomic mass is 10.0. The Balaban J connectivity index is 2.45. The standard InChI is InChI=1S/C17H16F5NO4S/c18-12-4-5-13(14(19)10-12)11-3-6-16(15(9-11)27-17(20,21)22)28(25,26)23-7-1-2-8-24/h3-6,9-10,23-24H,1-2,7-8H2. The molecule has 2 N–H and O–H groups in total. The smallest absolute Gasteiger partial charge is 0.404 e. The third kappa shape index (κ3) is 5.88. The molecular formula is C17H16F5NO4S. The second kappa shape index (κ2) is 8.84. The van der Waals surface area contributed by atoms with Gasteiger partial charge in [-0.1, -0.05) is 6.07 Å². The van der Waals surface area contributed by atoms with E-state index in [1.807, 2.05) is 0 Å². The van der Waals surface area contributed by atoms with Gasteiger partial charge >= 0.3 is 6.36 Å². The Labute approximate surface area is 157 Å². The van der Waals surface area contributed by atoms with E-state index < -0.39 is 38.7 Å². The van der Waals surface area contributed by atoms with Crippen molar-refractivity contribution in [3.8, 4) is 16.9 Å². The van der Waals surface area contributed by atoms with Crippen molar-refractivity contribution >= 4 is 10.0 Å². The molecule has 0 aliphatic rings. The summed E-state index contributed by atoms with van der Waals surface area (Å²) in [6.07, 6.45) is -4.62. The second-order valence-corrected chi connectivity index (χ2v) is 7.40. The number of rotatable bonds is 8. The highest BCUT2D eigenvalue weighted by molar-refractivity contribution is 7.89. The molecular weight excluding hydrogens is 409 g/mol. The minimum absolute atomic E-state index is 0.108. The first kappa shape index (κ1) is 22.1. The predicted octanol–water partition coefficient (Wildman–Crippen LogP) is 3.58. The van der Waals surface area contributed by atoms with Crippen LogP contribution < -0.4 is 9.46 Å². The molecule has 28 heavy (non-hydrogen) atoms. The predicted molar refractivity (Wildman–Crippen MR) is 90.0 cm³/mol. The average Bonchev–Trinajstić information content (AvgIpc) is 2.57. The van der Waals surface area contributed by atoms with Crippen LogP contribution in [-0.4, -0.2) is 33.0 Å². The lowest BCUT2D eigenvalue weighted by Gasteiger charge is -2.16. The maximum atomic E-state index is 13.9. The van der Waals surface area contributed by atoms with Crippen LogP contribution in [0.1, 0.15) is 12.8 Å². The zero-order valence-corrected chi connectivity index (χ0v) is 15.1. The van der Waals surface area contributed by atoms with E-state index in [0.29, 0.717) is 18.6 Å². The SMILES string of the molecule is O=S(=O)(NCCCCO)c1ccc(-c2ccc(F)cc2F)cc1OC(F)(F)F. The summed E-state index contributed by atoms with van der Waals surface area (Å²) < 4.78 is 95.7. The summed E-state index contributed by atoms with van der Waals surface area (Å²) in [5.41, 5.74) is -0.357. The van der Waals surface area contributed by atoms with Gasteiger partial charge < -0.3 is 9.84 Å². The zero-order chi connectivity index (χ0) is 20.9. The quantitative estimate of drug-likeness (QED) is 0.501. The molecule has 0 radical (unpaired) electrons. The van der Waals surface area contributed by atoms with E-state index in [2.05, 4.69) is 9.46 Å². The summed E-state index contributed by atoms with van der Waals surface area (Å²) in [4.78, 5) is -0.792. The van der Waals surface area contributed by atoms with Gasteiger partial charge in [-0.05, 0) is 42.7 Å². The molecule has 0 spiro atoms. The summed E-state index contributed by atoms with van der Waals surface area (Å²) in [5.74, 6) is -2.96. The molecule has 2 aromatic rings. The van der Waals surface area contributed by atoms with E-state index in [0.717, 1.165) is 24.3 Å². The highest BCUT2D eigenvalue weighted by atomic mass is 32.2. The average molecular weight is 425 g/mol. The second-order valence-electron chi connectivity index (χ2n) is 5.66. The molecule has 0 heterocycles. The molecule has 0 bridgehead atoms. The molecule has 0 aliphatic carbocycles. The van der Waals surface area contributed by atoms with Gasteiger partial charge in [-0.2, -0.15) is 0 Å². The Morgan fingerprint density at radius 3 is 2.36 bits per heavy atom. The molecule has 0 unspecified atom stereocenters. The van der Waals surface area contributed by atoms with Gasteiger partial charge in [0.05, 0.1) is 0 Å². The fourth-order valence-corrected chi connectivity index (χ4v) is 3.53. The van der Waals surface area contributed by atoms with E-state index in [4.69, 9.17) is 5.11 Å². The van der Waals surface area contributed by atoms with Crippen molar-refractivity contribution in [2.45, 2.75) is 24.1 Å². The van der Waals surface area contributed by atoms with Crippen LogP contribution in [0, 0.1) is 11.6 Å². The van der Waals surface area contributed by atoms with Crippen LogP contribution in [0.25, 0.3) is 11.1 Å². The summed E-state index contributed by atoms with van der Waals surface area (Å²) in [7, 11) is -4.37. The Kier molecular flexibility index (Phi) is 6.96.